The van der Waals surface area contributed by atoms with Crippen LogP contribution in [0.1, 0.15) is 45.4 Å². The van der Waals surface area contributed by atoms with E-state index in [9.17, 15) is 14.4 Å². The Morgan fingerprint density at radius 1 is 0.929 bits per heavy atom. The molecule has 0 heterocycles. The van der Waals surface area contributed by atoms with E-state index >= 15 is 0 Å². The zero-order valence-electron chi connectivity index (χ0n) is 8.41. The molecule has 0 saturated carbocycles. The van der Waals surface area contributed by atoms with Gasteiger partial charge in [0.05, 0.1) is 6.42 Å². The van der Waals surface area contributed by atoms with Crippen LogP contribution in [-0.2, 0) is 14.4 Å². The van der Waals surface area contributed by atoms with E-state index in [2.05, 4.69) is 0 Å². The van der Waals surface area contributed by atoms with Gasteiger partial charge in [-0.3, -0.25) is 9.59 Å². The third-order valence-electron chi connectivity index (χ3n) is 1.85. The van der Waals surface area contributed by atoms with E-state index < -0.39 is 5.97 Å². The lowest BCUT2D eigenvalue weighted by Crippen LogP contribution is -2.03. The maximum atomic E-state index is 11.0. The molecule has 0 aromatic carbocycles. The summed E-state index contributed by atoms with van der Waals surface area (Å²) < 4.78 is 0. The van der Waals surface area contributed by atoms with Crippen LogP contribution in [0.5, 0.6) is 0 Å². The van der Waals surface area contributed by atoms with Crippen molar-refractivity contribution in [1.82, 2.24) is 0 Å². The molecule has 80 valence electrons. The van der Waals surface area contributed by atoms with Crippen LogP contribution in [0.3, 0.4) is 0 Å². The van der Waals surface area contributed by atoms with E-state index in [1.54, 1.807) is 0 Å². The molecule has 0 spiro atoms. The first-order chi connectivity index (χ1) is 6.52. The number of ketones is 2. The highest BCUT2D eigenvalue weighted by Gasteiger charge is 2.05. The summed E-state index contributed by atoms with van der Waals surface area (Å²) in [5.41, 5.74) is 0. The Morgan fingerprint density at radius 2 is 1.50 bits per heavy atom. The van der Waals surface area contributed by atoms with Crippen molar-refractivity contribution in [1.29, 1.82) is 0 Å². The van der Waals surface area contributed by atoms with Crippen molar-refractivity contribution in [3.63, 3.8) is 0 Å². The number of carbonyl (C=O) groups is 3. The highest BCUT2D eigenvalue weighted by atomic mass is 16.4. The summed E-state index contributed by atoms with van der Waals surface area (Å²) in [4.78, 5) is 31.7. The second-order valence-corrected chi connectivity index (χ2v) is 3.34. The number of hydrogen-bond acceptors (Lipinski definition) is 3. The maximum Gasteiger partial charge on any atom is 0.303 e. The molecule has 0 saturated heterocycles. The van der Waals surface area contributed by atoms with E-state index in [-0.39, 0.29) is 24.4 Å². The number of unbranched alkanes of at least 4 members (excludes halogenated alkanes) is 1. The normalized spacial score (nSPS) is 9.79. The Kier molecular flexibility index (Phi) is 6.62. The summed E-state index contributed by atoms with van der Waals surface area (Å²) in [6.07, 6.45) is 2.31. The molecule has 1 N–H and O–H groups in total. The Morgan fingerprint density at radius 3 is 2.00 bits per heavy atom. The van der Waals surface area contributed by atoms with E-state index in [1.807, 2.05) is 0 Å². The predicted molar refractivity (Wildman–Crippen MR) is 51.0 cm³/mol. The van der Waals surface area contributed by atoms with Gasteiger partial charge in [-0.15, -0.1) is 0 Å². The number of Topliss-reactive ketones (excluding diaryl/α,β-unsaturated/α-hetero) is 2. The molecule has 0 aliphatic heterocycles. The molecule has 0 aliphatic rings. The number of carboxylic acid groups (broad SMARTS) is 1. The molecule has 0 amide bonds. The third-order valence-corrected chi connectivity index (χ3v) is 1.85. The van der Waals surface area contributed by atoms with Gasteiger partial charge in [-0.2, -0.15) is 0 Å². The Balaban J connectivity index is 3.36. The lowest BCUT2D eigenvalue weighted by Gasteiger charge is -1.98. The standard InChI is InChI=1S/C10H16O4/c1-8(11)4-2-3-5-9(12)6-7-10(13)14/h2-7H2,1H3,(H,13,14). The Labute approximate surface area is 83.3 Å². The highest BCUT2D eigenvalue weighted by molar-refractivity contribution is 5.82. The largest absolute Gasteiger partial charge is 0.481 e. The van der Waals surface area contributed by atoms with Gasteiger partial charge < -0.3 is 9.90 Å². The molecule has 0 radical (unpaired) electrons. The summed E-state index contributed by atoms with van der Waals surface area (Å²) >= 11 is 0. The van der Waals surface area contributed by atoms with Crippen LogP contribution in [0.25, 0.3) is 0 Å². The van der Waals surface area contributed by atoms with Crippen LogP contribution in [0.2, 0.25) is 0 Å². The highest BCUT2D eigenvalue weighted by Crippen LogP contribution is 2.04. The van der Waals surface area contributed by atoms with Crippen molar-refractivity contribution in [2.24, 2.45) is 0 Å². The fraction of sp³-hybridized carbons (Fsp3) is 0.700. The molecule has 0 fully saturated rings. The van der Waals surface area contributed by atoms with Crippen molar-refractivity contribution in [2.75, 3.05) is 0 Å². The molecule has 14 heavy (non-hydrogen) atoms. The van der Waals surface area contributed by atoms with Gasteiger partial charge in [0.25, 0.3) is 0 Å². The zero-order chi connectivity index (χ0) is 11.0. The number of aliphatic carboxylic acids is 1. The molecule has 0 rings (SSSR count). The molecular formula is C10H16O4. The molecule has 0 atom stereocenters. The van der Waals surface area contributed by atoms with Crippen molar-refractivity contribution >= 4 is 17.5 Å². The maximum absolute atomic E-state index is 11.0. The average molecular weight is 200 g/mol. The van der Waals surface area contributed by atoms with Crippen molar-refractivity contribution in [3.05, 3.63) is 0 Å². The van der Waals surface area contributed by atoms with Crippen LogP contribution < -0.4 is 0 Å². The van der Waals surface area contributed by atoms with Gasteiger partial charge in [0.2, 0.25) is 0 Å². The lowest BCUT2D eigenvalue weighted by molar-refractivity contribution is -0.138. The molecule has 0 aliphatic carbocycles. The first-order valence-corrected chi connectivity index (χ1v) is 4.75. The smallest absolute Gasteiger partial charge is 0.303 e. The lowest BCUT2D eigenvalue weighted by atomic mass is 10.1. The van der Waals surface area contributed by atoms with Crippen LogP contribution in [0.4, 0.5) is 0 Å². The van der Waals surface area contributed by atoms with Crippen molar-refractivity contribution in [2.45, 2.75) is 45.4 Å². The van der Waals surface area contributed by atoms with Crippen LogP contribution in [0.15, 0.2) is 0 Å². The minimum atomic E-state index is -0.943. The van der Waals surface area contributed by atoms with Crippen LogP contribution in [0, 0.1) is 0 Å². The predicted octanol–water partition coefficient (Wildman–Crippen LogP) is 1.57. The summed E-state index contributed by atoms with van der Waals surface area (Å²) in [6.45, 7) is 1.52. The SMILES string of the molecule is CC(=O)CCCCC(=O)CCC(=O)O. The van der Waals surface area contributed by atoms with Crippen LogP contribution >= 0.6 is 0 Å². The fourth-order valence-corrected chi connectivity index (χ4v) is 1.07. The molecule has 4 heteroatoms. The van der Waals surface area contributed by atoms with Gasteiger partial charge in [0.15, 0.2) is 0 Å². The summed E-state index contributed by atoms with van der Waals surface area (Å²) in [6, 6.07) is 0. The summed E-state index contributed by atoms with van der Waals surface area (Å²) in [5.74, 6) is -0.846. The van der Waals surface area contributed by atoms with Crippen molar-refractivity contribution in [3.8, 4) is 0 Å². The number of carbonyl (C=O) groups excluding carboxylic acids is 2. The summed E-state index contributed by atoms with van der Waals surface area (Å²) in [7, 11) is 0. The monoisotopic (exact) mass is 200 g/mol. The topological polar surface area (TPSA) is 71.4 Å². The summed E-state index contributed by atoms with van der Waals surface area (Å²) in [5, 5.41) is 8.31. The number of carboxylic acids is 1. The minimum absolute atomic E-state index is 0.0315. The van der Waals surface area contributed by atoms with Crippen molar-refractivity contribution < 1.29 is 19.5 Å². The third kappa shape index (κ3) is 8.90. The molecule has 0 aromatic heterocycles. The van der Waals surface area contributed by atoms with E-state index in [1.165, 1.54) is 6.92 Å². The first-order valence-electron chi connectivity index (χ1n) is 4.75. The van der Waals surface area contributed by atoms with E-state index in [4.69, 9.17) is 5.11 Å². The Bertz CT molecular complexity index is 220. The van der Waals surface area contributed by atoms with Gasteiger partial charge in [0.1, 0.15) is 11.6 Å². The van der Waals surface area contributed by atoms with Crippen LogP contribution in [-0.4, -0.2) is 22.6 Å². The Hall–Kier alpha value is -1.19. The van der Waals surface area contributed by atoms with Gasteiger partial charge in [0, 0.05) is 19.3 Å². The van der Waals surface area contributed by atoms with Gasteiger partial charge in [-0.25, -0.2) is 0 Å². The molecular weight excluding hydrogens is 184 g/mol. The second kappa shape index (κ2) is 7.24. The molecule has 0 bridgehead atoms. The fourth-order valence-electron chi connectivity index (χ4n) is 1.07. The van der Waals surface area contributed by atoms with Gasteiger partial charge in [-0.1, -0.05) is 0 Å². The number of rotatable bonds is 8. The zero-order valence-corrected chi connectivity index (χ0v) is 8.41. The average Bonchev–Trinajstić information content (AvgIpc) is 2.08. The van der Waals surface area contributed by atoms with E-state index in [0.29, 0.717) is 25.7 Å². The van der Waals surface area contributed by atoms with Gasteiger partial charge >= 0.3 is 5.97 Å². The number of hydrogen-bond donors (Lipinski definition) is 1. The molecule has 0 aromatic rings. The second-order valence-electron chi connectivity index (χ2n) is 3.34. The molecule has 0 unspecified atom stereocenters. The molecule has 4 nitrogen and oxygen atoms in total. The van der Waals surface area contributed by atoms with Gasteiger partial charge in [-0.05, 0) is 19.8 Å². The minimum Gasteiger partial charge on any atom is -0.481 e. The first kappa shape index (κ1) is 12.8. The van der Waals surface area contributed by atoms with E-state index in [0.717, 1.165) is 0 Å². The quantitative estimate of drug-likeness (QED) is 0.604.